The van der Waals surface area contributed by atoms with E-state index in [-0.39, 0.29) is 29.7 Å². The van der Waals surface area contributed by atoms with Crippen LogP contribution >= 0.6 is 0 Å². The molecule has 0 aliphatic carbocycles. The molecule has 0 bridgehead atoms. The molecule has 3 aromatic rings. The van der Waals surface area contributed by atoms with E-state index in [1.165, 1.54) is 6.07 Å². The maximum Gasteiger partial charge on any atom is 0.253 e. The molecular formula is C22H21FN4O. The van der Waals surface area contributed by atoms with E-state index in [4.69, 9.17) is 0 Å². The van der Waals surface area contributed by atoms with Crippen LogP contribution in [0.15, 0.2) is 60.8 Å². The number of piperidine rings is 1. The zero-order valence-electron chi connectivity index (χ0n) is 15.3. The molecule has 2 N–H and O–H groups in total. The Balaban J connectivity index is 1.38. The van der Waals surface area contributed by atoms with Crippen LogP contribution < -0.4 is 10.9 Å². The molecule has 3 unspecified atom stereocenters. The number of nitrogens with one attached hydrogen (secondary N) is 2. The summed E-state index contributed by atoms with van der Waals surface area (Å²) in [5.41, 5.74) is 9.11. The van der Waals surface area contributed by atoms with Gasteiger partial charge in [0.15, 0.2) is 0 Å². The molecule has 0 spiro atoms. The van der Waals surface area contributed by atoms with E-state index in [2.05, 4.69) is 15.8 Å². The molecule has 3 atom stereocenters. The van der Waals surface area contributed by atoms with E-state index >= 15 is 0 Å². The predicted molar refractivity (Wildman–Crippen MR) is 105 cm³/mol. The van der Waals surface area contributed by atoms with E-state index in [1.54, 1.807) is 18.3 Å². The number of hydrazine groups is 1. The molecule has 0 radical (unpaired) electrons. The first-order valence-electron chi connectivity index (χ1n) is 9.59. The van der Waals surface area contributed by atoms with Crippen molar-refractivity contribution in [1.29, 1.82) is 0 Å². The van der Waals surface area contributed by atoms with Crippen molar-refractivity contribution in [3.63, 3.8) is 0 Å². The fourth-order valence-electron chi connectivity index (χ4n) is 4.41. The zero-order valence-corrected chi connectivity index (χ0v) is 15.3. The number of rotatable bonds is 2. The molecule has 28 heavy (non-hydrogen) atoms. The van der Waals surface area contributed by atoms with E-state index in [9.17, 15) is 9.18 Å². The van der Waals surface area contributed by atoms with E-state index in [0.717, 1.165) is 22.9 Å². The van der Waals surface area contributed by atoms with Gasteiger partial charge in [0, 0.05) is 42.2 Å². The summed E-state index contributed by atoms with van der Waals surface area (Å²) in [7, 11) is 0. The van der Waals surface area contributed by atoms with Gasteiger partial charge in [-0.05, 0) is 48.4 Å². The Hall–Kier alpha value is -2.83. The molecule has 1 aromatic heterocycles. The van der Waals surface area contributed by atoms with Crippen molar-refractivity contribution in [2.24, 2.45) is 5.92 Å². The number of hydrogen-bond donors (Lipinski definition) is 2. The topological polar surface area (TPSA) is 57.3 Å². The van der Waals surface area contributed by atoms with Gasteiger partial charge in [-0.1, -0.05) is 18.2 Å². The number of carbonyl (C=O) groups is 1. The molecule has 5 nitrogen and oxygen atoms in total. The summed E-state index contributed by atoms with van der Waals surface area (Å²) in [6.07, 6.45) is 2.62. The number of hydrogen-bond acceptors (Lipinski definition) is 4. The lowest BCUT2D eigenvalue weighted by Crippen LogP contribution is -2.47. The molecule has 6 heteroatoms. The normalized spacial score (nSPS) is 24.3. The summed E-state index contributed by atoms with van der Waals surface area (Å²) >= 11 is 0. The maximum atomic E-state index is 13.7. The Kier molecular flexibility index (Phi) is 4.30. The molecule has 0 saturated carbocycles. The Bertz CT molecular complexity index is 1040. The van der Waals surface area contributed by atoms with E-state index in [0.29, 0.717) is 18.7 Å². The highest BCUT2D eigenvalue weighted by Gasteiger charge is 2.41. The Morgan fingerprint density at radius 1 is 1.11 bits per heavy atom. The summed E-state index contributed by atoms with van der Waals surface area (Å²) in [5.74, 6) is -0.00742. The average molecular weight is 376 g/mol. The highest BCUT2D eigenvalue weighted by Crippen LogP contribution is 2.34. The Morgan fingerprint density at radius 3 is 2.93 bits per heavy atom. The molecule has 1 amide bonds. The minimum absolute atomic E-state index is 0.0166. The number of halogens is 1. The van der Waals surface area contributed by atoms with Gasteiger partial charge >= 0.3 is 0 Å². The maximum absolute atomic E-state index is 13.7. The Labute approximate surface area is 162 Å². The highest BCUT2D eigenvalue weighted by molar-refractivity contribution is 5.98. The predicted octanol–water partition coefficient (Wildman–Crippen LogP) is 3.05. The van der Waals surface area contributed by atoms with Crippen LogP contribution in [-0.2, 0) is 0 Å². The van der Waals surface area contributed by atoms with Crippen LogP contribution in [-0.4, -0.2) is 34.9 Å². The average Bonchev–Trinajstić information content (AvgIpc) is 3.16. The molecule has 142 valence electrons. The van der Waals surface area contributed by atoms with Gasteiger partial charge in [0.1, 0.15) is 5.82 Å². The summed E-state index contributed by atoms with van der Waals surface area (Å²) < 4.78 is 13.7. The van der Waals surface area contributed by atoms with Gasteiger partial charge in [-0.25, -0.2) is 9.82 Å². The SMILES string of the molecule is O=C(c1ccc2ncccc2c1)N1CCC2NNC(c3cccc(F)c3)C2C1. The number of carbonyl (C=O) groups excluding carboxylic acids is 1. The van der Waals surface area contributed by atoms with Crippen LogP contribution in [0, 0.1) is 11.7 Å². The Morgan fingerprint density at radius 2 is 2.04 bits per heavy atom. The molecule has 2 aromatic carbocycles. The third-order valence-electron chi connectivity index (χ3n) is 5.86. The van der Waals surface area contributed by atoms with Crippen molar-refractivity contribution in [2.45, 2.75) is 18.5 Å². The van der Waals surface area contributed by atoms with Gasteiger partial charge in [0.05, 0.1) is 11.6 Å². The molecule has 3 heterocycles. The number of benzene rings is 2. The number of aromatic nitrogens is 1. The number of fused-ring (bicyclic) bond motifs is 2. The molecule has 2 aliphatic rings. The number of likely N-dealkylation sites (tertiary alicyclic amines) is 1. The third kappa shape index (κ3) is 3.04. The van der Waals surface area contributed by atoms with Crippen LogP contribution in [0.1, 0.15) is 28.4 Å². The zero-order chi connectivity index (χ0) is 19.1. The lowest BCUT2D eigenvalue weighted by molar-refractivity contribution is 0.0652. The van der Waals surface area contributed by atoms with Gasteiger partial charge in [-0.3, -0.25) is 15.2 Å². The van der Waals surface area contributed by atoms with Gasteiger partial charge in [0.25, 0.3) is 5.91 Å². The highest BCUT2D eigenvalue weighted by atomic mass is 19.1. The molecular weight excluding hydrogens is 355 g/mol. The van der Waals surface area contributed by atoms with Crippen molar-refractivity contribution >= 4 is 16.8 Å². The first-order valence-corrected chi connectivity index (χ1v) is 9.59. The first kappa shape index (κ1) is 17.3. The second-order valence-electron chi connectivity index (χ2n) is 7.54. The third-order valence-corrected chi connectivity index (χ3v) is 5.86. The standard InChI is InChI=1S/C22H21FN4O/c23-17-5-1-3-15(12-17)21-18-13-27(10-8-20(18)25-26-21)22(28)16-6-7-19-14(11-16)4-2-9-24-19/h1-7,9,11-12,18,20-21,25-26H,8,10,13H2. The summed E-state index contributed by atoms with van der Waals surface area (Å²) in [5, 5.41) is 0.963. The largest absolute Gasteiger partial charge is 0.338 e. The summed E-state index contributed by atoms with van der Waals surface area (Å²) in [6, 6.07) is 16.4. The van der Waals surface area contributed by atoms with Gasteiger partial charge < -0.3 is 4.90 Å². The first-order chi connectivity index (χ1) is 13.7. The number of nitrogens with zero attached hydrogens (tertiary/aromatic N) is 2. The lowest BCUT2D eigenvalue weighted by atomic mass is 9.85. The smallest absolute Gasteiger partial charge is 0.253 e. The van der Waals surface area contributed by atoms with Crippen molar-refractivity contribution in [3.05, 3.63) is 77.7 Å². The van der Waals surface area contributed by atoms with E-state index in [1.807, 2.05) is 41.3 Å². The minimum atomic E-state index is -0.240. The van der Waals surface area contributed by atoms with Crippen LogP contribution in [0.2, 0.25) is 0 Å². The van der Waals surface area contributed by atoms with Crippen molar-refractivity contribution < 1.29 is 9.18 Å². The van der Waals surface area contributed by atoms with Crippen LogP contribution in [0.25, 0.3) is 10.9 Å². The van der Waals surface area contributed by atoms with E-state index < -0.39 is 0 Å². The second-order valence-corrected chi connectivity index (χ2v) is 7.54. The summed E-state index contributed by atoms with van der Waals surface area (Å²) in [4.78, 5) is 19.4. The van der Waals surface area contributed by atoms with Gasteiger partial charge in [-0.15, -0.1) is 0 Å². The van der Waals surface area contributed by atoms with Gasteiger partial charge in [-0.2, -0.15) is 0 Å². The quantitative estimate of drug-likeness (QED) is 0.722. The van der Waals surface area contributed by atoms with Crippen LogP contribution in [0.3, 0.4) is 0 Å². The van der Waals surface area contributed by atoms with Crippen molar-refractivity contribution in [1.82, 2.24) is 20.7 Å². The number of pyridine rings is 1. The molecule has 2 saturated heterocycles. The second kappa shape index (κ2) is 6.96. The van der Waals surface area contributed by atoms with Crippen LogP contribution in [0.5, 0.6) is 0 Å². The van der Waals surface area contributed by atoms with Crippen molar-refractivity contribution in [3.8, 4) is 0 Å². The fraction of sp³-hybridized carbons (Fsp3) is 0.273. The number of amides is 1. The van der Waals surface area contributed by atoms with Crippen molar-refractivity contribution in [2.75, 3.05) is 13.1 Å². The summed E-state index contributed by atoms with van der Waals surface area (Å²) in [6.45, 7) is 1.34. The minimum Gasteiger partial charge on any atom is -0.338 e. The molecule has 5 rings (SSSR count). The molecule has 2 aliphatic heterocycles. The molecule has 2 fully saturated rings. The van der Waals surface area contributed by atoms with Crippen LogP contribution in [0.4, 0.5) is 4.39 Å². The monoisotopic (exact) mass is 376 g/mol. The van der Waals surface area contributed by atoms with Gasteiger partial charge in [0.2, 0.25) is 0 Å². The lowest BCUT2D eigenvalue weighted by Gasteiger charge is -2.36. The fourth-order valence-corrected chi connectivity index (χ4v) is 4.41.